The molecule has 20 heavy (non-hydrogen) atoms. The minimum absolute atomic E-state index is 0.563. The lowest BCUT2D eigenvalue weighted by Crippen LogP contribution is -2.11. The number of rotatable bonds is 11. The summed E-state index contributed by atoms with van der Waals surface area (Å²) in [6, 6.07) is 5.99. The first-order chi connectivity index (χ1) is 9.81. The van der Waals surface area contributed by atoms with Crippen LogP contribution in [0, 0.1) is 0 Å². The molecule has 0 heterocycles. The van der Waals surface area contributed by atoms with Gasteiger partial charge in [0.05, 0.1) is 13.2 Å². The van der Waals surface area contributed by atoms with Crippen LogP contribution in [-0.2, 0) is 11.3 Å². The molecule has 114 valence electrons. The molecular weight excluding hydrogens is 254 g/mol. The van der Waals surface area contributed by atoms with Gasteiger partial charge < -0.3 is 19.5 Å². The van der Waals surface area contributed by atoms with E-state index in [2.05, 4.69) is 19.2 Å². The third-order valence-electron chi connectivity index (χ3n) is 2.71. The summed E-state index contributed by atoms with van der Waals surface area (Å²) in [5.41, 5.74) is 1.13. The normalized spacial score (nSPS) is 10.6. The van der Waals surface area contributed by atoms with Gasteiger partial charge in [-0.3, -0.25) is 0 Å². The highest BCUT2D eigenvalue weighted by atomic mass is 16.5. The van der Waals surface area contributed by atoms with E-state index in [0.717, 1.165) is 49.7 Å². The van der Waals surface area contributed by atoms with E-state index in [1.165, 1.54) is 0 Å². The highest BCUT2D eigenvalue weighted by Gasteiger charge is 2.06. The summed E-state index contributed by atoms with van der Waals surface area (Å²) in [6.45, 7) is 7.66. The first kappa shape index (κ1) is 16.8. The van der Waals surface area contributed by atoms with Crippen LogP contribution in [0.5, 0.6) is 11.5 Å². The summed E-state index contributed by atoms with van der Waals surface area (Å²) in [6.07, 6.45) is 2.03. The van der Waals surface area contributed by atoms with Crippen molar-refractivity contribution < 1.29 is 14.2 Å². The second-order valence-corrected chi connectivity index (χ2v) is 4.61. The molecule has 0 unspecified atom stereocenters. The Morgan fingerprint density at radius 3 is 2.45 bits per heavy atom. The molecule has 0 spiro atoms. The van der Waals surface area contributed by atoms with Gasteiger partial charge in [0.25, 0.3) is 0 Å². The van der Waals surface area contributed by atoms with E-state index >= 15 is 0 Å². The van der Waals surface area contributed by atoms with Gasteiger partial charge in [-0.2, -0.15) is 0 Å². The van der Waals surface area contributed by atoms with Crippen molar-refractivity contribution in [2.24, 2.45) is 0 Å². The standard InChI is InChI=1S/C16H27NO3/c1-4-8-18-10-11-20-16-12-15(19-9-5-2)7-6-14(16)13-17-3/h6-7,12,17H,4-5,8-11,13H2,1-3H3. The van der Waals surface area contributed by atoms with E-state index in [4.69, 9.17) is 14.2 Å². The molecule has 0 bridgehead atoms. The van der Waals surface area contributed by atoms with Crippen molar-refractivity contribution in [3.63, 3.8) is 0 Å². The molecule has 1 N–H and O–H groups in total. The van der Waals surface area contributed by atoms with Gasteiger partial charge in [-0.15, -0.1) is 0 Å². The molecule has 1 aromatic rings. The van der Waals surface area contributed by atoms with Crippen LogP contribution in [0.3, 0.4) is 0 Å². The molecule has 0 saturated heterocycles. The van der Waals surface area contributed by atoms with Gasteiger partial charge in [0.2, 0.25) is 0 Å². The van der Waals surface area contributed by atoms with Crippen LogP contribution in [0.2, 0.25) is 0 Å². The molecule has 0 aromatic heterocycles. The number of hydrogen-bond donors (Lipinski definition) is 1. The summed E-state index contributed by atoms with van der Waals surface area (Å²) in [4.78, 5) is 0. The molecule has 0 aliphatic rings. The van der Waals surface area contributed by atoms with Crippen LogP contribution in [-0.4, -0.2) is 33.5 Å². The molecule has 0 aliphatic heterocycles. The van der Waals surface area contributed by atoms with Gasteiger partial charge in [-0.25, -0.2) is 0 Å². The summed E-state index contributed by atoms with van der Waals surface area (Å²) < 4.78 is 16.9. The van der Waals surface area contributed by atoms with Gasteiger partial charge >= 0.3 is 0 Å². The van der Waals surface area contributed by atoms with Crippen molar-refractivity contribution in [1.29, 1.82) is 0 Å². The van der Waals surface area contributed by atoms with Crippen molar-refractivity contribution in [3.8, 4) is 11.5 Å². The quantitative estimate of drug-likeness (QED) is 0.633. The van der Waals surface area contributed by atoms with E-state index in [0.29, 0.717) is 13.2 Å². The molecule has 4 nitrogen and oxygen atoms in total. The van der Waals surface area contributed by atoms with Crippen LogP contribution in [0.1, 0.15) is 32.3 Å². The van der Waals surface area contributed by atoms with E-state index in [-0.39, 0.29) is 0 Å². The van der Waals surface area contributed by atoms with E-state index in [1.807, 2.05) is 25.2 Å². The van der Waals surface area contributed by atoms with E-state index in [9.17, 15) is 0 Å². The lowest BCUT2D eigenvalue weighted by molar-refractivity contribution is 0.100. The Labute approximate surface area is 122 Å². The van der Waals surface area contributed by atoms with Crippen molar-refractivity contribution in [2.45, 2.75) is 33.2 Å². The van der Waals surface area contributed by atoms with Gasteiger partial charge in [0.1, 0.15) is 18.1 Å². The first-order valence-electron chi connectivity index (χ1n) is 7.42. The Kier molecular flexibility index (Phi) is 8.83. The molecule has 0 radical (unpaired) electrons. The van der Waals surface area contributed by atoms with Gasteiger partial charge in [-0.05, 0) is 26.0 Å². The Balaban J connectivity index is 2.57. The van der Waals surface area contributed by atoms with Crippen LogP contribution in [0.4, 0.5) is 0 Å². The van der Waals surface area contributed by atoms with E-state index in [1.54, 1.807) is 0 Å². The van der Waals surface area contributed by atoms with Crippen LogP contribution in [0.15, 0.2) is 18.2 Å². The second-order valence-electron chi connectivity index (χ2n) is 4.61. The fourth-order valence-electron chi connectivity index (χ4n) is 1.77. The second kappa shape index (κ2) is 10.5. The number of benzene rings is 1. The summed E-state index contributed by atoms with van der Waals surface area (Å²) in [7, 11) is 1.93. The van der Waals surface area contributed by atoms with Gasteiger partial charge in [0, 0.05) is 24.8 Å². The maximum absolute atomic E-state index is 5.81. The molecule has 1 rings (SSSR count). The van der Waals surface area contributed by atoms with Crippen molar-refractivity contribution >= 4 is 0 Å². The van der Waals surface area contributed by atoms with E-state index < -0.39 is 0 Å². The average Bonchev–Trinajstić information content (AvgIpc) is 2.47. The maximum Gasteiger partial charge on any atom is 0.127 e. The molecule has 4 heteroatoms. The molecule has 0 fully saturated rings. The highest BCUT2D eigenvalue weighted by Crippen LogP contribution is 2.25. The molecule has 0 aliphatic carbocycles. The minimum atomic E-state index is 0.563. The minimum Gasteiger partial charge on any atom is -0.493 e. The topological polar surface area (TPSA) is 39.7 Å². The zero-order valence-corrected chi connectivity index (χ0v) is 12.9. The fraction of sp³-hybridized carbons (Fsp3) is 0.625. The predicted octanol–water partition coefficient (Wildman–Crippen LogP) is 3.00. The highest BCUT2D eigenvalue weighted by molar-refractivity contribution is 5.40. The van der Waals surface area contributed by atoms with Gasteiger partial charge in [0.15, 0.2) is 0 Å². The van der Waals surface area contributed by atoms with Crippen molar-refractivity contribution in [3.05, 3.63) is 23.8 Å². The third kappa shape index (κ3) is 6.26. The lowest BCUT2D eigenvalue weighted by atomic mass is 10.2. The zero-order valence-electron chi connectivity index (χ0n) is 12.9. The summed E-state index contributed by atoms with van der Waals surface area (Å²) >= 11 is 0. The van der Waals surface area contributed by atoms with Crippen molar-refractivity contribution in [1.82, 2.24) is 5.32 Å². The summed E-state index contributed by atoms with van der Waals surface area (Å²) in [5.74, 6) is 1.73. The van der Waals surface area contributed by atoms with Crippen molar-refractivity contribution in [2.75, 3.05) is 33.5 Å². The number of ether oxygens (including phenoxy) is 3. The largest absolute Gasteiger partial charge is 0.493 e. The smallest absolute Gasteiger partial charge is 0.127 e. The first-order valence-corrected chi connectivity index (χ1v) is 7.42. The monoisotopic (exact) mass is 281 g/mol. The Morgan fingerprint density at radius 1 is 0.950 bits per heavy atom. The molecule has 1 aromatic carbocycles. The molecular formula is C16H27NO3. The van der Waals surface area contributed by atoms with Gasteiger partial charge in [-0.1, -0.05) is 19.9 Å². The number of hydrogen-bond acceptors (Lipinski definition) is 4. The third-order valence-corrected chi connectivity index (χ3v) is 2.71. The number of nitrogens with one attached hydrogen (secondary N) is 1. The molecule has 0 saturated carbocycles. The maximum atomic E-state index is 5.81. The summed E-state index contributed by atoms with van der Waals surface area (Å²) in [5, 5.41) is 3.15. The predicted molar refractivity (Wildman–Crippen MR) is 81.6 cm³/mol. The Morgan fingerprint density at radius 2 is 1.75 bits per heavy atom. The Bertz CT molecular complexity index is 369. The fourth-order valence-corrected chi connectivity index (χ4v) is 1.77. The van der Waals surface area contributed by atoms with Crippen LogP contribution >= 0.6 is 0 Å². The molecule has 0 amide bonds. The Hall–Kier alpha value is -1.26. The zero-order chi connectivity index (χ0) is 14.6. The van der Waals surface area contributed by atoms with Crippen LogP contribution in [0.25, 0.3) is 0 Å². The lowest BCUT2D eigenvalue weighted by Gasteiger charge is -2.14. The van der Waals surface area contributed by atoms with Crippen LogP contribution < -0.4 is 14.8 Å². The average molecular weight is 281 g/mol. The SMILES string of the molecule is CCCOCCOc1cc(OCCC)ccc1CNC. The molecule has 0 atom stereocenters.